The van der Waals surface area contributed by atoms with Gasteiger partial charge >= 0.3 is 0 Å². The lowest BCUT2D eigenvalue weighted by atomic mass is 9.81. The number of fused-ring (bicyclic) bond motifs is 2. The van der Waals surface area contributed by atoms with E-state index in [-0.39, 0.29) is 6.04 Å². The summed E-state index contributed by atoms with van der Waals surface area (Å²) in [4.78, 5) is 2.60. The first-order valence-electron chi connectivity index (χ1n) is 6.61. The normalized spacial score (nSPS) is 35.2. The van der Waals surface area contributed by atoms with Crippen LogP contribution in [0.3, 0.4) is 0 Å². The summed E-state index contributed by atoms with van der Waals surface area (Å²) in [5, 5.41) is 0. The highest BCUT2D eigenvalue weighted by Crippen LogP contribution is 2.35. The number of nitrogens with one attached hydrogen (secondary N) is 1. The molecule has 4 nitrogen and oxygen atoms in total. The molecule has 17 heavy (non-hydrogen) atoms. The monoisotopic (exact) mass is 260 g/mol. The Morgan fingerprint density at radius 2 is 1.71 bits per heavy atom. The molecule has 3 atom stereocenters. The predicted molar refractivity (Wildman–Crippen MR) is 69.4 cm³/mol. The zero-order chi connectivity index (χ0) is 12.6. The topological polar surface area (TPSA) is 49.4 Å². The maximum atomic E-state index is 11.3. The van der Waals surface area contributed by atoms with Crippen LogP contribution in [0.4, 0.5) is 0 Å². The summed E-state index contributed by atoms with van der Waals surface area (Å²) in [6, 6.07) is 1.86. The van der Waals surface area contributed by atoms with Gasteiger partial charge in [0.25, 0.3) is 0 Å². The first-order chi connectivity index (χ1) is 7.87. The molecule has 2 bridgehead atoms. The van der Waals surface area contributed by atoms with Gasteiger partial charge in [-0.25, -0.2) is 13.1 Å². The average molecular weight is 260 g/mol. The standard InChI is InChI=1S/C12H24N2O2S/c1-9(2)14-11-5-4-6-12(14)8-10(7-11)13-17(3,15)16/h9-13H,4-8H2,1-3H3/t10-,11+,12?/m0/s1. The van der Waals surface area contributed by atoms with Crippen LogP contribution in [0.15, 0.2) is 0 Å². The van der Waals surface area contributed by atoms with Crippen molar-refractivity contribution in [1.29, 1.82) is 0 Å². The van der Waals surface area contributed by atoms with Crippen molar-refractivity contribution in [3.8, 4) is 0 Å². The molecular formula is C12H24N2O2S. The van der Waals surface area contributed by atoms with Crippen LogP contribution in [-0.4, -0.2) is 43.7 Å². The minimum absolute atomic E-state index is 0.148. The number of hydrogen-bond acceptors (Lipinski definition) is 3. The van der Waals surface area contributed by atoms with E-state index < -0.39 is 10.0 Å². The van der Waals surface area contributed by atoms with Crippen molar-refractivity contribution in [2.75, 3.05) is 6.26 Å². The molecule has 5 heteroatoms. The summed E-state index contributed by atoms with van der Waals surface area (Å²) >= 11 is 0. The molecule has 2 heterocycles. The van der Waals surface area contributed by atoms with Gasteiger partial charge in [-0.1, -0.05) is 6.42 Å². The third-order valence-electron chi connectivity index (χ3n) is 4.01. The smallest absolute Gasteiger partial charge is 0.208 e. The van der Waals surface area contributed by atoms with E-state index >= 15 is 0 Å². The first kappa shape index (κ1) is 13.3. The summed E-state index contributed by atoms with van der Waals surface area (Å²) in [5.74, 6) is 0. The fourth-order valence-electron chi connectivity index (χ4n) is 3.66. The largest absolute Gasteiger partial charge is 0.295 e. The molecule has 2 aliphatic rings. The van der Waals surface area contributed by atoms with Gasteiger partial charge in [0.15, 0.2) is 0 Å². The molecular weight excluding hydrogens is 236 g/mol. The summed E-state index contributed by atoms with van der Waals surface area (Å²) < 4.78 is 25.4. The summed E-state index contributed by atoms with van der Waals surface area (Å²) in [5.41, 5.74) is 0. The quantitative estimate of drug-likeness (QED) is 0.833. The lowest BCUT2D eigenvalue weighted by Crippen LogP contribution is -2.58. The molecule has 1 unspecified atom stereocenters. The molecule has 0 amide bonds. The van der Waals surface area contributed by atoms with E-state index in [1.54, 1.807) is 0 Å². The number of sulfonamides is 1. The lowest BCUT2D eigenvalue weighted by Gasteiger charge is -2.51. The van der Waals surface area contributed by atoms with Crippen molar-refractivity contribution in [2.45, 2.75) is 70.1 Å². The van der Waals surface area contributed by atoms with E-state index in [4.69, 9.17) is 0 Å². The van der Waals surface area contributed by atoms with Crippen LogP contribution in [0.2, 0.25) is 0 Å². The number of piperidine rings is 2. The minimum Gasteiger partial charge on any atom is -0.295 e. The van der Waals surface area contributed by atoms with Crippen LogP contribution in [0, 0.1) is 0 Å². The maximum Gasteiger partial charge on any atom is 0.208 e. The van der Waals surface area contributed by atoms with E-state index in [1.807, 2.05) is 0 Å². The third kappa shape index (κ3) is 3.20. The zero-order valence-electron chi connectivity index (χ0n) is 11.0. The second-order valence-electron chi connectivity index (χ2n) is 5.84. The SMILES string of the molecule is CC(C)N1C2CCC[C@@H]1C[C@H](NS(C)(=O)=O)C2. The van der Waals surface area contributed by atoms with Crippen molar-refractivity contribution < 1.29 is 8.42 Å². The molecule has 0 radical (unpaired) electrons. The molecule has 0 aromatic rings. The second kappa shape index (κ2) is 4.86. The fourth-order valence-corrected chi connectivity index (χ4v) is 4.46. The van der Waals surface area contributed by atoms with Crippen molar-refractivity contribution in [3.63, 3.8) is 0 Å². The van der Waals surface area contributed by atoms with Gasteiger partial charge in [-0.15, -0.1) is 0 Å². The highest BCUT2D eigenvalue weighted by molar-refractivity contribution is 7.88. The highest BCUT2D eigenvalue weighted by Gasteiger charge is 2.39. The van der Waals surface area contributed by atoms with Crippen LogP contribution in [0.5, 0.6) is 0 Å². The third-order valence-corrected chi connectivity index (χ3v) is 4.77. The Morgan fingerprint density at radius 1 is 1.18 bits per heavy atom. The van der Waals surface area contributed by atoms with Crippen LogP contribution >= 0.6 is 0 Å². The van der Waals surface area contributed by atoms with Gasteiger partial charge < -0.3 is 0 Å². The van der Waals surface area contributed by atoms with E-state index in [1.165, 1.54) is 25.5 Å². The number of hydrogen-bond donors (Lipinski definition) is 1. The van der Waals surface area contributed by atoms with Gasteiger partial charge in [-0.2, -0.15) is 0 Å². The van der Waals surface area contributed by atoms with Crippen LogP contribution in [0.25, 0.3) is 0 Å². The molecule has 100 valence electrons. The van der Waals surface area contributed by atoms with Gasteiger partial charge in [0.1, 0.15) is 0 Å². The van der Waals surface area contributed by atoms with E-state index in [9.17, 15) is 8.42 Å². The Morgan fingerprint density at radius 3 is 2.12 bits per heavy atom. The molecule has 2 saturated heterocycles. The van der Waals surface area contributed by atoms with Crippen molar-refractivity contribution in [1.82, 2.24) is 9.62 Å². The summed E-state index contributed by atoms with van der Waals surface area (Å²) in [7, 11) is -3.06. The molecule has 2 fully saturated rings. The Labute approximate surface area is 105 Å². The van der Waals surface area contributed by atoms with Gasteiger partial charge in [0.2, 0.25) is 10.0 Å². The molecule has 2 aliphatic heterocycles. The van der Waals surface area contributed by atoms with Gasteiger partial charge in [0, 0.05) is 24.2 Å². The fraction of sp³-hybridized carbons (Fsp3) is 1.00. The average Bonchev–Trinajstić information content (AvgIpc) is 2.12. The molecule has 0 spiro atoms. The molecule has 2 rings (SSSR count). The Kier molecular flexibility index (Phi) is 3.80. The molecule has 0 saturated carbocycles. The lowest BCUT2D eigenvalue weighted by molar-refractivity contribution is 0.00378. The molecule has 0 aromatic carbocycles. The van der Waals surface area contributed by atoms with Crippen LogP contribution < -0.4 is 4.72 Å². The highest BCUT2D eigenvalue weighted by atomic mass is 32.2. The van der Waals surface area contributed by atoms with Crippen molar-refractivity contribution in [2.24, 2.45) is 0 Å². The number of rotatable bonds is 3. The van der Waals surface area contributed by atoms with Crippen molar-refractivity contribution in [3.05, 3.63) is 0 Å². The molecule has 0 aromatic heterocycles. The maximum absolute atomic E-state index is 11.3. The second-order valence-corrected chi connectivity index (χ2v) is 7.62. The van der Waals surface area contributed by atoms with E-state index in [0.717, 1.165) is 12.8 Å². The Hall–Kier alpha value is -0.130. The van der Waals surface area contributed by atoms with Gasteiger partial charge in [0.05, 0.1) is 6.26 Å². The molecule has 1 N–H and O–H groups in total. The Bertz CT molecular complexity index is 353. The summed E-state index contributed by atoms with van der Waals surface area (Å²) in [6.45, 7) is 4.49. The summed E-state index contributed by atoms with van der Waals surface area (Å²) in [6.07, 6.45) is 6.94. The minimum atomic E-state index is -3.06. The van der Waals surface area contributed by atoms with E-state index in [0.29, 0.717) is 18.1 Å². The van der Waals surface area contributed by atoms with Crippen molar-refractivity contribution >= 4 is 10.0 Å². The van der Waals surface area contributed by atoms with Gasteiger partial charge in [-0.3, -0.25) is 4.90 Å². The van der Waals surface area contributed by atoms with Gasteiger partial charge in [-0.05, 0) is 39.5 Å². The number of nitrogens with zero attached hydrogens (tertiary/aromatic N) is 1. The Balaban J connectivity index is 2.06. The zero-order valence-corrected chi connectivity index (χ0v) is 11.8. The van der Waals surface area contributed by atoms with Crippen LogP contribution in [0.1, 0.15) is 46.0 Å². The first-order valence-corrected chi connectivity index (χ1v) is 8.50. The molecule has 0 aliphatic carbocycles. The van der Waals surface area contributed by atoms with E-state index in [2.05, 4.69) is 23.5 Å². The van der Waals surface area contributed by atoms with Crippen LogP contribution in [-0.2, 0) is 10.0 Å². The predicted octanol–water partition coefficient (Wildman–Crippen LogP) is 1.33.